The van der Waals surface area contributed by atoms with Gasteiger partial charge in [-0.05, 0) is 24.3 Å². The molecular formula is C27H39N5O3. The number of amidine groups is 1. The number of rotatable bonds is 13. The van der Waals surface area contributed by atoms with Crippen LogP contribution in [-0.2, 0) is 16.1 Å². The van der Waals surface area contributed by atoms with Crippen LogP contribution < -0.4 is 21.6 Å². The van der Waals surface area contributed by atoms with Gasteiger partial charge in [0.2, 0.25) is 0 Å². The molecule has 2 unspecified atom stereocenters. The van der Waals surface area contributed by atoms with E-state index < -0.39 is 6.10 Å². The summed E-state index contributed by atoms with van der Waals surface area (Å²) in [5, 5.41) is 18.4. The predicted octanol–water partition coefficient (Wildman–Crippen LogP) is 2.47. The minimum atomic E-state index is -0.433. The van der Waals surface area contributed by atoms with Crippen molar-refractivity contribution in [3.63, 3.8) is 0 Å². The quantitative estimate of drug-likeness (QED) is 0.0747. The van der Waals surface area contributed by atoms with E-state index in [4.69, 9.17) is 9.84 Å². The number of aryl methyl sites for hydroxylation is 1. The third kappa shape index (κ3) is 8.14. The zero-order chi connectivity index (χ0) is 25.3. The number of carbonyl (C=O) groups excluding carboxylic acids is 1. The molecule has 8 heteroatoms. The van der Waals surface area contributed by atoms with Gasteiger partial charge in [0, 0.05) is 24.1 Å². The molecule has 0 radical (unpaired) electrons. The van der Waals surface area contributed by atoms with Crippen molar-refractivity contribution in [1.29, 1.82) is 0 Å². The summed E-state index contributed by atoms with van der Waals surface area (Å²) in [6.07, 6.45) is 0.779. The fourth-order valence-electron chi connectivity index (χ4n) is 3.71. The molecule has 0 bridgehead atoms. The van der Waals surface area contributed by atoms with Gasteiger partial charge in [-0.25, -0.2) is 5.43 Å². The first-order valence-corrected chi connectivity index (χ1v) is 12.1. The van der Waals surface area contributed by atoms with Crippen LogP contribution in [0.4, 0.5) is 0 Å². The molecule has 3 rings (SSSR count). The van der Waals surface area contributed by atoms with E-state index in [1.54, 1.807) is 0 Å². The summed E-state index contributed by atoms with van der Waals surface area (Å²) in [5.41, 5.74) is 12.6. The first-order valence-electron chi connectivity index (χ1n) is 12.1. The molecule has 1 aliphatic rings. The van der Waals surface area contributed by atoms with Crippen LogP contribution in [0.15, 0.2) is 59.7 Å². The average Bonchev–Trinajstić information content (AvgIpc) is 3.47. The van der Waals surface area contributed by atoms with Crippen molar-refractivity contribution < 1.29 is 14.6 Å². The van der Waals surface area contributed by atoms with Crippen molar-refractivity contribution in [3.8, 4) is 0 Å². The molecule has 1 fully saturated rings. The van der Waals surface area contributed by atoms with Crippen LogP contribution in [0.5, 0.6) is 0 Å². The number of hydrazone groups is 1. The first kappa shape index (κ1) is 26.8. The van der Waals surface area contributed by atoms with Gasteiger partial charge in [0.15, 0.2) is 5.84 Å². The summed E-state index contributed by atoms with van der Waals surface area (Å²) in [7, 11) is 0. The van der Waals surface area contributed by atoms with Crippen molar-refractivity contribution in [3.05, 3.63) is 71.3 Å². The minimum absolute atomic E-state index is 0.0429. The Labute approximate surface area is 208 Å². The van der Waals surface area contributed by atoms with Crippen LogP contribution >= 0.6 is 0 Å². The molecule has 0 spiro atoms. The largest absolute Gasteiger partial charge is 0.392 e. The Kier molecular flexibility index (Phi) is 9.40. The third-order valence-corrected chi connectivity index (χ3v) is 6.22. The minimum Gasteiger partial charge on any atom is -0.392 e. The number of carbonyl (C=O) groups is 1. The number of hydrogen-bond acceptors (Lipinski definition) is 7. The molecule has 0 saturated heterocycles. The third-order valence-electron chi connectivity index (χ3n) is 6.22. The SMILES string of the molecule is Cc1ccc(C(=NN[C@H](NCC2(COCC=O)CC2O)C(C)(C)C)NNCc2ccccc2)cc1. The number of hydrogen-bond donors (Lipinski definition) is 5. The molecule has 190 valence electrons. The highest BCUT2D eigenvalue weighted by atomic mass is 16.5. The van der Waals surface area contributed by atoms with E-state index in [1.165, 1.54) is 5.56 Å². The lowest BCUT2D eigenvalue weighted by Crippen LogP contribution is -2.52. The van der Waals surface area contributed by atoms with Crippen molar-refractivity contribution in [2.24, 2.45) is 15.9 Å². The van der Waals surface area contributed by atoms with Gasteiger partial charge in [0.05, 0.1) is 18.9 Å². The van der Waals surface area contributed by atoms with Crippen molar-refractivity contribution >= 4 is 12.1 Å². The van der Waals surface area contributed by atoms with Gasteiger partial charge < -0.3 is 20.1 Å². The van der Waals surface area contributed by atoms with E-state index in [0.29, 0.717) is 32.0 Å². The molecule has 3 atom stereocenters. The molecule has 1 saturated carbocycles. The highest BCUT2D eigenvalue weighted by Crippen LogP contribution is 2.45. The normalized spacial score (nSPS) is 20.8. The lowest BCUT2D eigenvalue weighted by atomic mass is 9.92. The molecule has 0 aromatic heterocycles. The summed E-state index contributed by atoms with van der Waals surface area (Å²) in [6.45, 7) is 10.0. The van der Waals surface area contributed by atoms with E-state index in [-0.39, 0.29) is 23.6 Å². The summed E-state index contributed by atoms with van der Waals surface area (Å²) < 4.78 is 5.41. The lowest BCUT2D eigenvalue weighted by Gasteiger charge is -2.33. The summed E-state index contributed by atoms with van der Waals surface area (Å²) in [4.78, 5) is 10.6. The summed E-state index contributed by atoms with van der Waals surface area (Å²) in [6, 6.07) is 18.3. The standard InChI is InChI=1S/C27H39N5O3/c1-20-10-12-22(13-11-20)24(30-29-17-21-8-6-5-7-9-21)31-32-25(26(2,3)4)28-18-27(16-23(27)34)19-35-15-14-33/h5-14,23,25,28-29,32,34H,15-19H2,1-4H3,(H,30,31)/t23?,25-,27?/m0/s1. The molecule has 1 aliphatic carbocycles. The Morgan fingerprint density at radius 1 is 1.20 bits per heavy atom. The Balaban J connectivity index is 1.68. The van der Waals surface area contributed by atoms with Crippen molar-refractivity contribution in [2.45, 2.75) is 52.9 Å². The summed E-state index contributed by atoms with van der Waals surface area (Å²) >= 11 is 0. The second-order valence-corrected chi connectivity index (χ2v) is 10.4. The van der Waals surface area contributed by atoms with Crippen LogP contribution in [0.2, 0.25) is 0 Å². The van der Waals surface area contributed by atoms with E-state index in [0.717, 1.165) is 17.4 Å². The molecule has 2 aromatic rings. The van der Waals surface area contributed by atoms with E-state index >= 15 is 0 Å². The Hall–Kier alpha value is -2.78. The number of benzene rings is 2. The monoisotopic (exact) mass is 481 g/mol. The van der Waals surface area contributed by atoms with Gasteiger partial charge in [-0.2, -0.15) is 5.10 Å². The zero-order valence-corrected chi connectivity index (χ0v) is 21.2. The maximum absolute atomic E-state index is 10.6. The van der Waals surface area contributed by atoms with Crippen LogP contribution in [0.25, 0.3) is 0 Å². The van der Waals surface area contributed by atoms with E-state index in [2.05, 4.69) is 73.6 Å². The molecule has 0 aliphatic heterocycles. The van der Waals surface area contributed by atoms with Crippen LogP contribution in [0, 0.1) is 17.8 Å². The lowest BCUT2D eigenvalue weighted by molar-refractivity contribution is -0.112. The second-order valence-electron chi connectivity index (χ2n) is 10.4. The fraction of sp³-hybridized carbons (Fsp3) is 0.481. The number of aliphatic hydroxyl groups excluding tert-OH is 1. The van der Waals surface area contributed by atoms with Crippen molar-refractivity contribution in [1.82, 2.24) is 21.6 Å². The van der Waals surface area contributed by atoms with Gasteiger partial charge in [-0.1, -0.05) is 80.9 Å². The average molecular weight is 482 g/mol. The second kappa shape index (κ2) is 12.3. The fourth-order valence-corrected chi connectivity index (χ4v) is 3.71. The van der Waals surface area contributed by atoms with Gasteiger partial charge in [0.25, 0.3) is 0 Å². The Morgan fingerprint density at radius 3 is 2.49 bits per heavy atom. The first-order chi connectivity index (χ1) is 16.7. The molecule has 0 amide bonds. The smallest absolute Gasteiger partial charge is 0.167 e. The molecular weight excluding hydrogens is 442 g/mol. The maximum atomic E-state index is 10.6. The topological polar surface area (TPSA) is 107 Å². The number of aliphatic hydroxyl groups is 1. The Bertz CT molecular complexity index is 959. The van der Waals surface area contributed by atoms with E-state index in [9.17, 15) is 9.90 Å². The highest BCUT2D eigenvalue weighted by Gasteiger charge is 2.53. The molecule has 5 N–H and O–H groups in total. The number of aldehydes is 1. The molecule has 2 aromatic carbocycles. The zero-order valence-electron chi connectivity index (χ0n) is 21.2. The number of nitrogens with one attached hydrogen (secondary N) is 4. The van der Waals surface area contributed by atoms with Crippen molar-refractivity contribution in [2.75, 3.05) is 19.8 Å². The van der Waals surface area contributed by atoms with Crippen LogP contribution in [0.3, 0.4) is 0 Å². The van der Waals surface area contributed by atoms with Gasteiger partial charge in [-0.3, -0.25) is 10.7 Å². The van der Waals surface area contributed by atoms with Crippen LogP contribution in [-0.4, -0.2) is 49.3 Å². The Morgan fingerprint density at radius 2 is 1.89 bits per heavy atom. The number of ether oxygens (including phenoxy) is 1. The maximum Gasteiger partial charge on any atom is 0.167 e. The van der Waals surface area contributed by atoms with Gasteiger partial charge >= 0.3 is 0 Å². The molecule has 35 heavy (non-hydrogen) atoms. The predicted molar refractivity (Wildman–Crippen MR) is 138 cm³/mol. The molecule has 8 nitrogen and oxygen atoms in total. The highest BCUT2D eigenvalue weighted by molar-refractivity contribution is 5.98. The number of hydrazine groups is 1. The summed E-state index contributed by atoms with van der Waals surface area (Å²) in [5.74, 6) is 0.674. The number of nitrogens with zero attached hydrogens (tertiary/aromatic N) is 1. The van der Waals surface area contributed by atoms with Crippen LogP contribution in [0.1, 0.15) is 43.9 Å². The van der Waals surface area contributed by atoms with Gasteiger partial charge in [-0.15, -0.1) is 0 Å². The van der Waals surface area contributed by atoms with E-state index in [1.807, 2.05) is 30.3 Å². The van der Waals surface area contributed by atoms with Gasteiger partial charge in [0.1, 0.15) is 12.9 Å². The molecule has 0 heterocycles.